The largest absolute Gasteiger partial charge is 0.337 e. The van der Waals surface area contributed by atoms with Crippen LogP contribution in [-0.4, -0.2) is 27.2 Å². The van der Waals surface area contributed by atoms with E-state index in [1.165, 1.54) is 0 Å². The molecule has 1 N–H and O–H groups in total. The van der Waals surface area contributed by atoms with Crippen molar-refractivity contribution >= 4 is 0 Å². The van der Waals surface area contributed by atoms with Crippen molar-refractivity contribution in [2.75, 3.05) is 7.05 Å². The highest BCUT2D eigenvalue weighted by atomic mass is 16.5. The topological polar surface area (TPSA) is 76.7 Å². The van der Waals surface area contributed by atoms with Crippen molar-refractivity contribution in [3.8, 4) is 11.5 Å². The van der Waals surface area contributed by atoms with Gasteiger partial charge in [-0.1, -0.05) is 5.16 Å². The molecule has 0 aliphatic rings. The highest BCUT2D eigenvalue weighted by Crippen LogP contribution is 2.20. The van der Waals surface area contributed by atoms with E-state index in [-0.39, 0.29) is 5.54 Å². The van der Waals surface area contributed by atoms with Crippen LogP contribution >= 0.6 is 0 Å². The standard InChI is InChI=1S/C11H15N5O/c1-7-13-6-5-8(14-7)9-15-10(17-16-9)11(2,3)12-4/h5-6,12H,1-4H3. The number of nitrogens with one attached hydrogen (secondary N) is 1. The first kappa shape index (κ1) is 11.7. The van der Waals surface area contributed by atoms with Crippen molar-refractivity contribution in [3.63, 3.8) is 0 Å². The molecule has 0 atom stereocenters. The number of hydrogen-bond acceptors (Lipinski definition) is 6. The van der Waals surface area contributed by atoms with E-state index < -0.39 is 0 Å². The van der Waals surface area contributed by atoms with Gasteiger partial charge in [-0.3, -0.25) is 0 Å². The van der Waals surface area contributed by atoms with Crippen LogP contribution in [-0.2, 0) is 5.54 Å². The van der Waals surface area contributed by atoms with Crippen LogP contribution < -0.4 is 5.32 Å². The fourth-order valence-electron chi connectivity index (χ4n) is 1.27. The van der Waals surface area contributed by atoms with Gasteiger partial charge in [0, 0.05) is 6.20 Å². The number of nitrogens with zero attached hydrogens (tertiary/aromatic N) is 4. The molecule has 0 spiro atoms. The molecule has 0 bridgehead atoms. The Bertz CT molecular complexity index is 520. The minimum atomic E-state index is -0.354. The zero-order chi connectivity index (χ0) is 12.5. The molecule has 2 rings (SSSR count). The van der Waals surface area contributed by atoms with Gasteiger partial charge in [0.25, 0.3) is 0 Å². The Morgan fingerprint density at radius 2 is 2.06 bits per heavy atom. The summed E-state index contributed by atoms with van der Waals surface area (Å²) in [6, 6.07) is 1.76. The van der Waals surface area contributed by atoms with Crippen molar-refractivity contribution in [3.05, 3.63) is 24.0 Å². The predicted molar refractivity (Wildman–Crippen MR) is 62.1 cm³/mol. The zero-order valence-electron chi connectivity index (χ0n) is 10.4. The molecular formula is C11H15N5O. The van der Waals surface area contributed by atoms with Gasteiger partial charge in [-0.15, -0.1) is 0 Å². The average molecular weight is 233 g/mol. The summed E-state index contributed by atoms with van der Waals surface area (Å²) in [5.74, 6) is 1.70. The maximum Gasteiger partial charge on any atom is 0.246 e. The Labute approximate surface area is 99.5 Å². The van der Waals surface area contributed by atoms with Gasteiger partial charge in [-0.05, 0) is 33.9 Å². The van der Waals surface area contributed by atoms with Gasteiger partial charge < -0.3 is 9.84 Å². The van der Waals surface area contributed by atoms with E-state index in [2.05, 4.69) is 25.4 Å². The summed E-state index contributed by atoms with van der Waals surface area (Å²) in [5.41, 5.74) is 0.312. The van der Waals surface area contributed by atoms with Crippen LogP contribution in [0.3, 0.4) is 0 Å². The molecule has 0 unspecified atom stereocenters. The average Bonchev–Trinajstić information content (AvgIpc) is 2.79. The van der Waals surface area contributed by atoms with E-state index in [4.69, 9.17) is 4.52 Å². The van der Waals surface area contributed by atoms with Crippen LogP contribution in [0.4, 0.5) is 0 Å². The van der Waals surface area contributed by atoms with Gasteiger partial charge in [0.15, 0.2) is 0 Å². The first-order chi connectivity index (χ1) is 8.03. The van der Waals surface area contributed by atoms with Crippen LogP contribution in [0.15, 0.2) is 16.8 Å². The van der Waals surface area contributed by atoms with Crippen molar-refractivity contribution in [1.29, 1.82) is 0 Å². The summed E-state index contributed by atoms with van der Waals surface area (Å²) in [6.07, 6.45) is 1.68. The van der Waals surface area contributed by atoms with E-state index in [0.29, 0.717) is 23.2 Å². The quantitative estimate of drug-likeness (QED) is 0.860. The van der Waals surface area contributed by atoms with Crippen molar-refractivity contribution in [2.24, 2.45) is 0 Å². The lowest BCUT2D eigenvalue weighted by Gasteiger charge is -2.17. The van der Waals surface area contributed by atoms with E-state index in [1.54, 1.807) is 12.3 Å². The van der Waals surface area contributed by atoms with Gasteiger partial charge in [-0.25, -0.2) is 9.97 Å². The Balaban J connectivity index is 2.36. The SMILES string of the molecule is CNC(C)(C)c1nc(-c2ccnc(C)n2)no1. The molecule has 2 heterocycles. The summed E-state index contributed by atoms with van der Waals surface area (Å²) < 4.78 is 5.23. The van der Waals surface area contributed by atoms with Crippen LogP contribution in [0.1, 0.15) is 25.6 Å². The van der Waals surface area contributed by atoms with E-state index >= 15 is 0 Å². The molecule has 0 radical (unpaired) electrons. The lowest BCUT2D eigenvalue weighted by atomic mass is 10.1. The Morgan fingerprint density at radius 1 is 1.29 bits per heavy atom. The normalized spacial score (nSPS) is 11.8. The third-order valence-corrected chi connectivity index (χ3v) is 2.59. The van der Waals surface area contributed by atoms with Gasteiger partial charge in [0.05, 0.1) is 5.54 Å². The van der Waals surface area contributed by atoms with Gasteiger partial charge in [0.2, 0.25) is 11.7 Å². The third kappa shape index (κ3) is 2.31. The number of hydrogen-bond donors (Lipinski definition) is 1. The first-order valence-corrected chi connectivity index (χ1v) is 5.36. The fourth-order valence-corrected chi connectivity index (χ4v) is 1.27. The minimum Gasteiger partial charge on any atom is -0.337 e. The van der Waals surface area contributed by atoms with Crippen molar-refractivity contribution < 1.29 is 4.52 Å². The van der Waals surface area contributed by atoms with Gasteiger partial charge in [0.1, 0.15) is 11.5 Å². The summed E-state index contributed by atoms with van der Waals surface area (Å²) in [5, 5.41) is 7.03. The summed E-state index contributed by atoms with van der Waals surface area (Å²) in [7, 11) is 1.85. The number of aryl methyl sites for hydroxylation is 1. The Kier molecular flexibility index (Phi) is 2.89. The Hall–Kier alpha value is -1.82. The van der Waals surface area contributed by atoms with Crippen LogP contribution in [0.5, 0.6) is 0 Å². The minimum absolute atomic E-state index is 0.354. The lowest BCUT2D eigenvalue weighted by Crippen LogP contribution is -2.33. The molecule has 0 saturated heterocycles. The monoisotopic (exact) mass is 233 g/mol. The predicted octanol–water partition coefficient (Wildman–Crippen LogP) is 1.29. The second kappa shape index (κ2) is 4.21. The molecule has 2 aromatic heterocycles. The van der Waals surface area contributed by atoms with Crippen LogP contribution in [0.25, 0.3) is 11.5 Å². The van der Waals surface area contributed by atoms with E-state index in [1.807, 2.05) is 27.8 Å². The van der Waals surface area contributed by atoms with Crippen LogP contribution in [0, 0.1) is 6.92 Å². The zero-order valence-corrected chi connectivity index (χ0v) is 10.4. The second-order valence-corrected chi connectivity index (χ2v) is 4.29. The highest BCUT2D eigenvalue weighted by molar-refractivity contribution is 5.47. The summed E-state index contributed by atoms with van der Waals surface area (Å²) in [4.78, 5) is 12.6. The molecule has 6 heteroatoms. The maximum atomic E-state index is 5.23. The first-order valence-electron chi connectivity index (χ1n) is 5.36. The van der Waals surface area contributed by atoms with E-state index in [9.17, 15) is 0 Å². The molecule has 2 aromatic rings. The highest BCUT2D eigenvalue weighted by Gasteiger charge is 2.25. The molecule has 0 aromatic carbocycles. The van der Waals surface area contributed by atoms with Gasteiger partial charge in [-0.2, -0.15) is 4.98 Å². The number of rotatable bonds is 3. The van der Waals surface area contributed by atoms with Crippen molar-refractivity contribution in [1.82, 2.24) is 25.4 Å². The lowest BCUT2D eigenvalue weighted by molar-refractivity contribution is 0.281. The third-order valence-electron chi connectivity index (χ3n) is 2.59. The summed E-state index contributed by atoms with van der Waals surface area (Å²) in [6.45, 7) is 5.76. The van der Waals surface area contributed by atoms with Crippen LogP contribution in [0.2, 0.25) is 0 Å². The smallest absolute Gasteiger partial charge is 0.246 e. The second-order valence-electron chi connectivity index (χ2n) is 4.29. The molecule has 0 aliphatic carbocycles. The van der Waals surface area contributed by atoms with Gasteiger partial charge >= 0.3 is 0 Å². The Morgan fingerprint density at radius 3 is 2.71 bits per heavy atom. The summed E-state index contributed by atoms with van der Waals surface area (Å²) >= 11 is 0. The molecule has 0 fully saturated rings. The molecule has 0 aliphatic heterocycles. The molecule has 17 heavy (non-hydrogen) atoms. The molecule has 0 saturated carbocycles. The maximum absolute atomic E-state index is 5.23. The van der Waals surface area contributed by atoms with Crippen molar-refractivity contribution in [2.45, 2.75) is 26.3 Å². The number of aromatic nitrogens is 4. The molecule has 6 nitrogen and oxygen atoms in total. The molecule has 0 amide bonds. The molecular weight excluding hydrogens is 218 g/mol. The molecule has 90 valence electrons. The fraction of sp³-hybridized carbons (Fsp3) is 0.455. The van der Waals surface area contributed by atoms with E-state index in [0.717, 1.165) is 0 Å².